The monoisotopic (exact) mass is 658 g/mol. The number of rotatable bonds is 12. The van der Waals surface area contributed by atoms with Gasteiger partial charge in [-0.1, -0.05) is 42.5 Å². The second kappa shape index (κ2) is 15.9. The highest BCUT2D eigenvalue weighted by Gasteiger charge is 2.18. The van der Waals surface area contributed by atoms with Gasteiger partial charge in [0.05, 0.1) is 10.2 Å². The second-order valence-corrected chi connectivity index (χ2v) is 11.8. The lowest BCUT2D eigenvalue weighted by atomic mass is 10.1. The Morgan fingerprint density at radius 1 is 0.750 bits per heavy atom. The first-order valence-corrected chi connectivity index (χ1v) is 15.7. The summed E-state index contributed by atoms with van der Waals surface area (Å²) in [7, 11) is 0. The molecule has 0 saturated carbocycles. The summed E-state index contributed by atoms with van der Waals surface area (Å²) in [5.74, 6) is 0.0482. The van der Waals surface area contributed by atoms with E-state index in [2.05, 4.69) is 16.0 Å². The van der Waals surface area contributed by atoms with Gasteiger partial charge in [-0.25, -0.2) is 0 Å². The van der Waals surface area contributed by atoms with E-state index in [4.69, 9.17) is 4.74 Å². The second-order valence-electron chi connectivity index (χ2n) is 10.4. The molecule has 5 aromatic carbocycles. The number of nitro groups is 1. The molecule has 0 aromatic heterocycles. The van der Waals surface area contributed by atoms with E-state index in [1.165, 1.54) is 42.1 Å². The maximum atomic E-state index is 13.4. The molecule has 5 aromatic rings. The maximum Gasteiger partial charge on any atom is 0.272 e. The summed E-state index contributed by atoms with van der Waals surface area (Å²) < 4.78 is 5.81. The van der Waals surface area contributed by atoms with Crippen LogP contribution < -0.4 is 20.7 Å². The fourth-order valence-corrected chi connectivity index (χ4v) is 5.31. The fraction of sp³-hybridized carbons (Fsp3) is 0.0541. The molecule has 1 atom stereocenters. The predicted octanol–water partition coefficient (Wildman–Crippen LogP) is 7.92. The van der Waals surface area contributed by atoms with Crippen molar-refractivity contribution >= 4 is 52.6 Å². The zero-order chi connectivity index (χ0) is 33.9. The topological polar surface area (TPSA) is 140 Å². The molecule has 0 fully saturated rings. The molecule has 0 bridgehead atoms. The van der Waals surface area contributed by atoms with Gasteiger partial charge in [0.25, 0.3) is 17.5 Å². The van der Waals surface area contributed by atoms with E-state index in [0.717, 1.165) is 4.90 Å². The van der Waals surface area contributed by atoms with Gasteiger partial charge in [0.15, 0.2) is 0 Å². The van der Waals surface area contributed by atoms with E-state index in [0.29, 0.717) is 34.0 Å². The molecule has 5 rings (SSSR count). The third-order valence-electron chi connectivity index (χ3n) is 6.82. The number of amides is 3. The van der Waals surface area contributed by atoms with Gasteiger partial charge in [0, 0.05) is 34.0 Å². The Morgan fingerprint density at radius 3 is 2.06 bits per heavy atom. The lowest BCUT2D eigenvalue weighted by molar-refractivity contribution is -0.384. The number of non-ortho nitro benzene ring substituents is 1. The average Bonchev–Trinajstić information content (AvgIpc) is 3.10. The SMILES string of the molecule is CC(Sc1cccc(NC(=O)/C(=C\c2ccc([N+](=O)[O-])cc2)NC(=O)c2ccccc2)c1)C(=O)Nc1ccc(Oc2ccccc2)cc1. The van der Waals surface area contributed by atoms with Crippen LogP contribution in [0.2, 0.25) is 0 Å². The quantitative estimate of drug-likeness (QED) is 0.0536. The number of nitro benzene ring substituents is 1. The van der Waals surface area contributed by atoms with Crippen LogP contribution in [-0.4, -0.2) is 27.9 Å². The van der Waals surface area contributed by atoms with Crippen LogP contribution in [0.3, 0.4) is 0 Å². The molecule has 3 N–H and O–H groups in total. The minimum Gasteiger partial charge on any atom is -0.457 e. The first-order chi connectivity index (χ1) is 23.2. The number of carbonyl (C=O) groups is 3. The molecular formula is C37H30N4O6S. The van der Waals surface area contributed by atoms with Crippen LogP contribution in [0.5, 0.6) is 11.5 Å². The van der Waals surface area contributed by atoms with Gasteiger partial charge >= 0.3 is 0 Å². The van der Waals surface area contributed by atoms with Gasteiger partial charge in [0.2, 0.25) is 5.91 Å². The molecule has 0 aliphatic carbocycles. The van der Waals surface area contributed by atoms with E-state index in [1.807, 2.05) is 36.4 Å². The van der Waals surface area contributed by atoms with E-state index in [1.54, 1.807) is 79.7 Å². The van der Waals surface area contributed by atoms with Crippen LogP contribution in [0.15, 0.2) is 144 Å². The van der Waals surface area contributed by atoms with Gasteiger partial charge < -0.3 is 20.7 Å². The molecule has 0 saturated heterocycles. The highest BCUT2D eigenvalue weighted by molar-refractivity contribution is 8.00. The van der Waals surface area contributed by atoms with Crippen LogP contribution in [0.1, 0.15) is 22.8 Å². The van der Waals surface area contributed by atoms with Gasteiger partial charge in [-0.15, -0.1) is 11.8 Å². The van der Waals surface area contributed by atoms with Crippen molar-refractivity contribution in [3.8, 4) is 11.5 Å². The number of hydrogen-bond donors (Lipinski definition) is 3. The van der Waals surface area contributed by atoms with E-state index in [9.17, 15) is 24.5 Å². The largest absolute Gasteiger partial charge is 0.457 e. The summed E-state index contributed by atoms with van der Waals surface area (Å²) in [6, 6.07) is 37.5. The van der Waals surface area contributed by atoms with Crippen molar-refractivity contribution in [1.29, 1.82) is 0 Å². The van der Waals surface area contributed by atoms with Gasteiger partial charge in [0.1, 0.15) is 17.2 Å². The Bertz CT molecular complexity index is 1930. The summed E-state index contributed by atoms with van der Waals surface area (Å²) in [4.78, 5) is 50.6. The highest BCUT2D eigenvalue weighted by Crippen LogP contribution is 2.28. The third-order valence-corrected chi connectivity index (χ3v) is 7.91. The molecule has 0 radical (unpaired) electrons. The summed E-state index contributed by atoms with van der Waals surface area (Å²) >= 11 is 1.31. The van der Waals surface area contributed by atoms with Crippen molar-refractivity contribution in [3.05, 3.63) is 160 Å². The normalized spacial score (nSPS) is 11.6. The highest BCUT2D eigenvalue weighted by atomic mass is 32.2. The molecule has 240 valence electrons. The smallest absolute Gasteiger partial charge is 0.272 e. The first kappa shape index (κ1) is 33.2. The van der Waals surface area contributed by atoms with Gasteiger partial charge in [-0.2, -0.15) is 0 Å². The molecule has 0 aliphatic rings. The molecule has 48 heavy (non-hydrogen) atoms. The fourth-order valence-electron chi connectivity index (χ4n) is 4.38. The number of hydrogen-bond acceptors (Lipinski definition) is 7. The van der Waals surface area contributed by atoms with Crippen LogP contribution >= 0.6 is 11.8 Å². The van der Waals surface area contributed by atoms with E-state index >= 15 is 0 Å². The van der Waals surface area contributed by atoms with Crippen molar-refractivity contribution in [2.45, 2.75) is 17.1 Å². The first-order valence-electron chi connectivity index (χ1n) is 14.8. The zero-order valence-corrected chi connectivity index (χ0v) is 26.5. The van der Waals surface area contributed by atoms with Crippen LogP contribution in [-0.2, 0) is 9.59 Å². The number of nitrogens with one attached hydrogen (secondary N) is 3. The molecule has 11 heteroatoms. The van der Waals surface area contributed by atoms with Crippen LogP contribution in [0.25, 0.3) is 6.08 Å². The van der Waals surface area contributed by atoms with E-state index < -0.39 is 22.0 Å². The Hall–Kier alpha value is -6.20. The molecule has 1 unspecified atom stereocenters. The lowest BCUT2D eigenvalue weighted by Gasteiger charge is -2.14. The molecule has 0 heterocycles. The number of benzene rings is 5. The van der Waals surface area contributed by atoms with Crippen molar-refractivity contribution in [3.63, 3.8) is 0 Å². The third kappa shape index (κ3) is 9.41. The Balaban J connectivity index is 1.24. The number of carbonyl (C=O) groups excluding carboxylic acids is 3. The van der Waals surface area contributed by atoms with Crippen molar-refractivity contribution in [2.24, 2.45) is 0 Å². The Labute approximate surface area is 281 Å². The van der Waals surface area contributed by atoms with Crippen LogP contribution in [0.4, 0.5) is 17.1 Å². The summed E-state index contributed by atoms with van der Waals surface area (Å²) in [6.45, 7) is 1.78. The van der Waals surface area contributed by atoms with Crippen molar-refractivity contribution in [2.75, 3.05) is 10.6 Å². The maximum absolute atomic E-state index is 13.4. The standard InChI is InChI=1S/C37H30N4O6S/c1-25(35(42)38-28-17-21-32(22-18-28)47-31-12-6-3-7-13-31)48-33-14-8-11-29(24-33)39-37(44)34(40-36(43)27-9-4-2-5-10-27)23-26-15-19-30(20-16-26)41(45)46/h2-25H,1H3,(H,38,42)(H,39,44)(H,40,43)/b34-23+. The van der Waals surface area contributed by atoms with Gasteiger partial charge in [-0.3, -0.25) is 24.5 Å². The average molecular weight is 659 g/mol. The summed E-state index contributed by atoms with van der Waals surface area (Å²) in [6.07, 6.45) is 1.44. The summed E-state index contributed by atoms with van der Waals surface area (Å²) in [5.41, 5.74) is 1.72. The number of thioether (sulfide) groups is 1. The predicted molar refractivity (Wildman–Crippen MR) is 187 cm³/mol. The molecule has 10 nitrogen and oxygen atoms in total. The number of ether oxygens (including phenoxy) is 1. The zero-order valence-electron chi connectivity index (χ0n) is 25.7. The van der Waals surface area contributed by atoms with E-state index in [-0.39, 0.29) is 17.3 Å². The Kier molecular flexibility index (Phi) is 11.0. The Morgan fingerprint density at radius 2 is 1.40 bits per heavy atom. The number of para-hydroxylation sites is 1. The molecule has 0 aliphatic heterocycles. The van der Waals surface area contributed by atoms with Crippen molar-refractivity contribution in [1.82, 2.24) is 5.32 Å². The van der Waals surface area contributed by atoms with Crippen molar-refractivity contribution < 1.29 is 24.0 Å². The van der Waals surface area contributed by atoms with Gasteiger partial charge in [-0.05, 0) is 97.4 Å². The molecule has 3 amide bonds. The number of nitrogens with zero attached hydrogens (tertiary/aromatic N) is 1. The number of anilines is 2. The van der Waals surface area contributed by atoms with Crippen LogP contribution in [0, 0.1) is 10.1 Å². The molecular weight excluding hydrogens is 628 g/mol. The summed E-state index contributed by atoms with van der Waals surface area (Å²) in [5, 5.41) is 18.9. The lowest BCUT2D eigenvalue weighted by Crippen LogP contribution is -2.30. The minimum atomic E-state index is -0.606. The minimum absolute atomic E-state index is 0.0660. The molecule has 0 spiro atoms.